The molecule has 2 aromatic heterocycles. The molecule has 1 aromatic carbocycles. The molecule has 0 radical (unpaired) electrons. The highest BCUT2D eigenvalue weighted by molar-refractivity contribution is 5.99. The number of aromatic nitrogens is 2. The number of carbonyl (C=O) groups excluding carboxylic acids is 2. The molecule has 0 fully saturated rings. The summed E-state index contributed by atoms with van der Waals surface area (Å²) in [5, 5.41) is 0. The van der Waals surface area contributed by atoms with Crippen LogP contribution in [0.25, 0.3) is 16.9 Å². The van der Waals surface area contributed by atoms with Gasteiger partial charge in [-0.1, -0.05) is 0 Å². The summed E-state index contributed by atoms with van der Waals surface area (Å²) in [5.41, 5.74) is 2.46. The van der Waals surface area contributed by atoms with Gasteiger partial charge in [0.1, 0.15) is 5.56 Å². The second kappa shape index (κ2) is 5.38. The van der Waals surface area contributed by atoms with Gasteiger partial charge in [-0.15, -0.1) is 0 Å². The predicted molar refractivity (Wildman–Crippen MR) is 83.5 cm³/mol. The van der Waals surface area contributed by atoms with E-state index in [1.807, 2.05) is 0 Å². The van der Waals surface area contributed by atoms with Crippen LogP contribution in [-0.2, 0) is 4.74 Å². The molecule has 0 N–H and O–H groups in total. The molecule has 24 heavy (non-hydrogen) atoms. The van der Waals surface area contributed by atoms with Crippen molar-refractivity contribution in [1.82, 2.24) is 9.38 Å². The van der Waals surface area contributed by atoms with Gasteiger partial charge in [0.25, 0.3) is 0 Å². The van der Waals surface area contributed by atoms with Crippen LogP contribution in [0.2, 0.25) is 0 Å². The number of carbonyl (C=O) groups is 2. The van der Waals surface area contributed by atoms with Crippen molar-refractivity contribution in [2.24, 2.45) is 0 Å². The minimum atomic E-state index is -0.495. The summed E-state index contributed by atoms with van der Waals surface area (Å²) >= 11 is 0. The molecule has 0 bridgehead atoms. The maximum absolute atomic E-state index is 12.0. The number of ether oxygens (including phenoxy) is 3. The highest BCUT2D eigenvalue weighted by Crippen LogP contribution is 2.39. The molecule has 1 aliphatic heterocycles. The number of benzene rings is 1. The zero-order chi connectivity index (χ0) is 16.7. The standard InChI is InChI=1S/C17H12N2O5/c1-22-17(21)12-6-13(19-4-2-3-18-16(12)19)11-7-15-14(23-9-24-15)5-10(11)8-20/h2-8H,9H2,1H3. The van der Waals surface area contributed by atoms with E-state index in [0.29, 0.717) is 39.5 Å². The molecule has 4 rings (SSSR count). The predicted octanol–water partition coefficient (Wildman–Crippen LogP) is 2.33. The van der Waals surface area contributed by atoms with E-state index in [1.54, 1.807) is 41.1 Å². The van der Waals surface area contributed by atoms with Crippen LogP contribution in [0.15, 0.2) is 36.7 Å². The molecule has 0 atom stereocenters. The van der Waals surface area contributed by atoms with Gasteiger partial charge in [0.05, 0.1) is 12.8 Å². The van der Waals surface area contributed by atoms with E-state index in [9.17, 15) is 9.59 Å². The topological polar surface area (TPSA) is 79.1 Å². The second-order valence-electron chi connectivity index (χ2n) is 5.16. The third-order valence-corrected chi connectivity index (χ3v) is 3.88. The first kappa shape index (κ1) is 14.3. The van der Waals surface area contributed by atoms with Gasteiger partial charge >= 0.3 is 5.97 Å². The highest BCUT2D eigenvalue weighted by Gasteiger charge is 2.23. The minimum Gasteiger partial charge on any atom is -0.465 e. The summed E-state index contributed by atoms with van der Waals surface area (Å²) in [6, 6.07) is 6.74. The Morgan fingerprint density at radius 3 is 2.83 bits per heavy atom. The molecule has 3 aromatic rings. The number of methoxy groups -OCH3 is 1. The van der Waals surface area contributed by atoms with Crippen molar-refractivity contribution >= 4 is 17.9 Å². The van der Waals surface area contributed by atoms with E-state index in [1.165, 1.54) is 7.11 Å². The smallest absolute Gasteiger partial charge is 0.341 e. The fourth-order valence-corrected chi connectivity index (χ4v) is 2.78. The molecule has 0 saturated carbocycles. The molecular weight excluding hydrogens is 312 g/mol. The van der Waals surface area contributed by atoms with E-state index in [4.69, 9.17) is 14.2 Å². The van der Waals surface area contributed by atoms with Gasteiger partial charge in [0.15, 0.2) is 23.4 Å². The summed E-state index contributed by atoms with van der Waals surface area (Å²) in [5.74, 6) is 0.577. The van der Waals surface area contributed by atoms with Crippen LogP contribution in [0.3, 0.4) is 0 Å². The van der Waals surface area contributed by atoms with Crippen molar-refractivity contribution in [3.63, 3.8) is 0 Å². The molecule has 7 heteroatoms. The summed E-state index contributed by atoms with van der Waals surface area (Å²) in [7, 11) is 1.31. The van der Waals surface area contributed by atoms with Crippen LogP contribution < -0.4 is 9.47 Å². The number of esters is 1. The third-order valence-electron chi connectivity index (χ3n) is 3.88. The summed E-state index contributed by atoms with van der Waals surface area (Å²) in [4.78, 5) is 27.8. The van der Waals surface area contributed by atoms with Crippen LogP contribution in [0.1, 0.15) is 20.7 Å². The summed E-state index contributed by atoms with van der Waals surface area (Å²) < 4.78 is 17.2. The van der Waals surface area contributed by atoms with Gasteiger partial charge in [-0.25, -0.2) is 9.78 Å². The zero-order valence-corrected chi connectivity index (χ0v) is 12.7. The van der Waals surface area contributed by atoms with Crippen molar-refractivity contribution in [3.8, 4) is 22.8 Å². The molecule has 0 unspecified atom stereocenters. The lowest BCUT2D eigenvalue weighted by atomic mass is 10.0. The monoisotopic (exact) mass is 324 g/mol. The van der Waals surface area contributed by atoms with Crippen molar-refractivity contribution in [1.29, 1.82) is 0 Å². The molecule has 3 heterocycles. The fraction of sp³-hybridized carbons (Fsp3) is 0.118. The first-order valence-corrected chi connectivity index (χ1v) is 7.16. The minimum absolute atomic E-state index is 0.112. The van der Waals surface area contributed by atoms with Gasteiger partial charge < -0.3 is 18.6 Å². The van der Waals surface area contributed by atoms with Crippen LogP contribution in [0.4, 0.5) is 0 Å². The number of hydrogen-bond donors (Lipinski definition) is 0. The van der Waals surface area contributed by atoms with E-state index >= 15 is 0 Å². The Kier molecular flexibility index (Phi) is 3.19. The molecule has 0 saturated heterocycles. The van der Waals surface area contributed by atoms with Gasteiger partial charge in [0, 0.05) is 23.5 Å². The highest BCUT2D eigenvalue weighted by atomic mass is 16.7. The van der Waals surface area contributed by atoms with Crippen LogP contribution in [0, 0.1) is 0 Å². The number of rotatable bonds is 3. The first-order valence-electron chi connectivity index (χ1n) is 7.16. The van der Waals surface area contributed by atoms with Crippen molar-refractivity contribution in [3.05, 3.63) is 47.8 Å². The molecule has 0 amide bonds. The van der Waals surface area contributed by atoms with Crippen LogP contribution in [0.5, 0.6) is 11.5 Å². The van der Waals surface area contributed by atoms with Gasteiger partial charge in [0.2, 0.25) is 6.79 Å². The fourth-order valence-electron chi connectivity index (χ4n) is 2.78. The Bertz CT molecular complexity index is 977. The maximum Gasteiger partial charge on any atom is 0.341 e. The first-order chi connectivity index (χ1) is 11.7. The molecule has 0 spiro atoms. The van der Waals surface area contributed by atoms with Gasteiger partial charge in [-0.05, 0) is 24.3 Å². The van der Waals surface area contributed by atoms with E-state index in [0.717, 1.165) is 6.29 Å². The van der Waals surface area contributed by atoms with Crippen molar-refractivity contribution in [2.45, 2.75) is 0 Å². The van der Waals surface area contributed by atoms with Gasteiger partial charge in [-0.3, -0.25) is 4.79 Å². The van der Waals surface area contributed by atoms with Crippen LogP contribution >= 0.6 is 0 Å². The van der Waals surface area contributed by atoms with Crippen molar-refractivity contribution in [2.75, 3.05) is 13.9 Å². The Hall–Kier alpha value is -3.35. The SMILES string of the molecule is COC(=O)c1cc(-c2cc3c(cc2C=O)OCO3)n2cccnc12. The van der Waals surface area contributed by atoms with E-state index in [2.05, 4.69) is 4.98 Å². The van der Waals surface area contributed by atoms with Crippen LogP contribution in [-0.4, -0.2) is 35.5 Å². The Balaban J connectivity index is 2.01. The quantitative estimate of drug-likeness (QED) is 0.543. The Morgan fingerprint density at radius 2 is 2.08 bits per heavy atom. The number of hydrogen-bond acceptors (Lipinski definition) is 6. The second-order valence-corrected chi connectivity index (χ2v) is 5.16. The number of nitrogens with zero attached hydrogens (tertiary/aromatic N) is 2. The molecule has 7 nitrogen and oxygen atoms in total. The van der Waals surface area contributed by atoms with E-state index < -0.39 is 5.97 Å². The maximum atomic E-state index is 12.0. The largest absolute Gasteiger partial charge is 0.465 e. The summed E-state index contributed by atoms with van der Waals surface area (Å²) in [6.07, 6.45) is 4.10. The number of aldehydes is 1. The number of fused-ring (bicyclic) bond motifs is 2. The normalized spacial score (nSPS) is 12.4. The lowest BCUT2D eigenvalue weighted by Crippen LogP contribution is -2.01. The molecule has 0 aliphatic carbocycles. The zero-order valence-electron chi connectivity index (χ0n) is 12.7. The third kappa shape index (κ3) is 2.02. The molecule has 1 aliphatic rings. The summed E-state index contributed by atoms with van der Waals surface area (Å²) in [6.45, 7) is 0.112. The van der Waals surface area contributed by atoms with Gasteiger partial charge in [-0.2, -0.15) is 0 Å². The lowest BCUT2D eigenvalue weighted by Gasteiger charge is -2.07. The Labute approximate surface area is 136 Å². The molecular formula is C17H12N2O5. The van der Waals surface area contributed by atoms with Crippen molar-refractivity contribution < 1.29 is 23.8 Å². The average Bonchev–Trinajstić information content (AvgIpc) is 3.23. The van der Waals surface area contributed by atoms with E-state index in [-0.39, 0.29) is 6.79 Å². The molecule has 120 valence electrons. The average molecular weight is 324 g/mol. The Morgan fingerprint density at radius 1 is 1.29 bits per heavy atom. The lowest BCUT2D eigenvalue weighted by molar-refractivity contribution is 0.0602.